The van der Waals surface area contributed by atoms with E-state index in [2.05, 4.69) is 74.1 Å². The Labute approximate surface area is 343 Å². The molecule has 4 heterocycles. The number of nitrogens with zero attached hydrogens (tertiary/aromatic N) is 4. The molecule has 1 saturated carbocycles. The normalized spacial score (nSPS) is 20.7. The lowest BCUT2D eigenvalue weighted by Gasteiger charge is -2.36. The average Bonchev–Trinajstić information content (AvgIpc) is 4.13. The number of piperidine rings is 1. The monoisotopic (exact) mass is 798 g/mol. The van der Waals surface area contributed by atoms with Gasteiger partial charge in [0.15, 0.2) is 0 Å². The molecule has 3 aliphatic rings. The van der Waals surface area contributed by atoms with E-state index in [0.717, 1.165) is 77.4 Å². The van der Waals surface area contributed by atoms with Crippen molar-refractivity contribution in [3.8, 4) is 33.6 Å². The first-order chi connectivity index (χ1) is 28.6. The highest BCUT2D eigenvalue weighted by Gasteiger charge is 2.51. The number of methoxy groups -OCH3 is 2. The SMILES string of the molecule is COC(=O)NC(C(=O)N1C2CCC(C2)C1c1ncc(-c2ccc(-c3ccc(-c4cnc(C5CCCN5C(=O)C(NC(=O)OC)C(C)C)[nH]4)cc3)cc2)[nH]1)c1ccccc1. The molecule has 1 aliphatic carbocycles. The zero-order valence-corrected chi connectivity index (χ0v) is 33.7. The van der Waals surface area contributed by atoms with Crippen LogP contribution in [-0.2, 0) is 19.1 Å². The van der Waals surface area contributed by atoms with Crippen molar-refractivity contribution in [1.82, 2.24) is 40.4 Å². The minimum Gasteiger partial charge on any atom is -0.453 e. The predicted octanol–water partition coefficient (Wildman–Crippen LogP) is 7.33. The van der Waals surface area contributed by atoms with Gasteiger partial charge >= 0.3 is 12.2 Å². The van der Waals surface area contributed by atoms with E-state index >= 15 is 0 Å². The molecule has 4 N–H and O–H groups in total. The van der Waals surface area contributed by atoms with Crippen LogP contribution in [0.1, 0.15) is 81.3 Å². The number of carbonyl (C=O) groups excluding carboxylic acids is 4. The number of aromatic amines is 2. The largest absolute Gasteiger partial charge is 0.453 e. The number of fused-ring (bicyclic) bond motifs is 2. The van der Waals surface area contributed by atoms with Gasteiger partial charge in [0.2, 0.25) is 5.91 Å². The molecule has 4 amide bonds. The number of amides is 4. The van der Waals surface area contributed by atoms with E-state index in [1.807, 2.05) is 60.2 Å². The summed E-state index contributed by atoms with van der Waals surface area (Å²) in [4.78, 5) is 72.4. The highest BCUT2D eigenvalue weighted by molar-refractivity contribution is 5.88. The summed E-state index contributed by atoms with van der Waals surface area (Å²) in [6, 6.07) is 23.9. The maximum Gasteiger partial charge on any atom is 0.407 e. The van der Waals surface area contributed by atoms with Crippen molar-refractivity contribution < 1.29 is 28.7 Å². The topological polar surface area (TPSA) is 175 Å². The minimum atomic E-state index is -0.875. The number of H-pyrrole nitrogens is 2. The first-order valence-electron chi connectivity index (χ1n) is 20.3. The molecule has 306 valence electrons. The fourth-order valence-electron chi connectivity index (χ4n) is 9.08. The zero-order valence-electron chi connectivity index (χ0n) is 33.7. The Balaban J connectivity index is 0.946. The Morgan fingerprint density at radius 3 is 1.90 bits per heavy atom. The lowest BCUT2D eigenvalue weighted by atomic mass is 9.96. The molecule has 0 spiro atoms. The Morgan fingerprint density at radius 1 is 0.712 bits per heavy atom. The van der Waals surface area contributed by atoms with Crippen LogP contribution in [0.4, 0.5) is 9.59 Å². The van der Waals surface area contributed by atoms with Crippen molar-refractivity contribution in [2.75, 3.05) is 20.8 Å². The number of nitrogens with one attached hydrogen (secondary N) is 4. The number of hydrogen-bond donors (Lipinski definition) is 4. The summed E-state index contributed by atoms with van der Waals surface area (Å²) in [5, 5.41) is 5.47. The van der Waals surface area contributed by atoms with Crippen molar-refractivity contribution in [3.05, 3.63) is 108 Å². The summed E-state index contributed by atoms with van der Waals surface area (Å²) in [5.41, 5.74) is 6.48. The number of rotatable bonds is 11. The van der Waals surface area contributed by atoms with Gasteiger partial charge in [-0.15, -0.1) is 0 Å². The van der Waals surface area contributed by atoms with Gasteiger partial charge in [0.05, 0.1) is 50.1 Å². The van der Waals surface area contributed by atoms with Gasteiger partial charge < -0.3 is 39.9 Å². The van der Waals surface area contributed by atoms with Crippen LogP contribution in [0.25, 0.3) is 33.6 Å². The van der Waals surface area contributed by atoms with E-state index < -0.39 is 24.3 Å². The highest BCUT2D eigenvalue weighted by Crippen LogP contribution is 2.50. The third-order valence-electron chi connectivity index (χ3n) is 12.1. The third kappa shape index (κ3) is 7.91. The maximum atomic E-state index is 14.3. The van der Waals surface area contributed by atoms with Gasteiger partial charge in [-0.25, -0.2) is 19.6 Å². The van der Waals surface area contributed by atoms with Crippen LogP contribution in [-0.4, -0.2) is 86.6 Å². The van der Waals surface area contributed by atoms with Crippen LogP contribution in [0.2, 0.25) is 0 Å². The Morgan fingerprint density at radius 2 is 1.29 bits per heavy atom. The molecule has 8 rings (SSSR count). The molecule has 2 aliphatic heterocycles. The van der Waals surface area contributed by atoms with E-state index in [9.17, 15) is 19.2 Å². The molecule has 2 bridgehead atoms. The summed E-state index contributed by atoms with van der Waals surface area (Å²) in [6.07, 6.45) is 6.81. The summed E-state index contributed by atoms with van der Waals surface area (Å²) in [5.74, 6) is 1.33. The second-order valence-corrected chi connectivity index (χ2v) is 16.0. The van der Waals surface area contributed by atoms with Gasteiger partial charge in [0.25, 0.3) is 5.91 Å². The number of alkyl carbamates (subject to hydrolysis) is 2. The van der Waals surface area contributed by atoms with Crippen LogP contribution in [0.5, 0.6) is 0 Å². The first-order valence-corrected chi connectivity index (χ1v) is 20.3. The van der Waals surface area contributed by atoms with Gasteiger partial charge in [0.1, 0.15) is 23.7 Å². The van der Waals surface area contributed by atoms with Crippen molar-refractivity contribution in [2.45, 2.75) is 76.2 Å². The van der Waals surface area contributed by atoms with Crippen LogP contribution < -0.4 is 10.6 Å². The number of hydrogen-bond acceptors (Lipinski definition) is 8. The summed E-state index contributed by atoms with van der Waals surface area (Å²) >= 11 is 0. The van der Waals surface area contributed by atoms with Crippen molar-refractivity contribution in [3.63, 3.8) is 0 Å². The number of likely N-dealkylation sites (tertiary alicyclic amines) is 2. The molecule has 59 heavy (non-hydrogen) atoms. The molecule has 3 aromatic carbocycles. The number of ether oxygens (including phenoxy) is 2. The zero-order chi connectivity index (χ0) is 41.2. The van der Waals surface area contributed by atoms with Gasteiger partial charge in [-0.05, 0) is 71.8 Å². The quantitative estimate of drug-likeness (QED) is 0.108. The molecule has 3 fully saturated rings. The molecule has 2 aromatic heterocycles. The van der Waals surface area contributed by atoms with E-state index in [-0.39, 0.29) is 41.8 Å². The lowest BCUT2D eigenvalue weighted by Crippen LogP contribution is -2.51. The number of benzene rings is 3. The smallest absolute Gasteiger partial charge is 0.407 e. The molecule has 6 atom stereocenters. The third-order valence-corrected chi connectivity index (χ3v) is 12.1. The van der Waals surface area contributed by atoms with E-state index in [1.165, 1.54) is 14.2 Å². The Hall–Kier alpha value is -6.44. The highest BCUT2D eigenvalue weighted by atomic mass is 16.5. The summed E-state index contributed by atoms with van der Waals surface area (Å²) < 4.78 is 9.65. The molecular formula is C45H50N8O6. The minimum absolute atomic E-state index is 0.0758. The van der Waals surface area contributed by atoms with Gasteiger partial charge in [-0.1, -0.05) is 92.7 Å². The lowest BCUT2D eigenvalue weighted by molar-refractivity contribution is -0.138. The van der Waals surface area contributed by atoms with Crippen molar-refractivity contribution >= 4 is 24.0 Å². The molecule has 14 nitrogen and oxygen atoms in total. The van der Waals surface area contributed by atoms with Crippen LogP contribution in [0, 0.1) is 11.8 Å². The van der Waals surface area contributed by atoms with Crippen molar-refractivity contribution in [2.24, 2.45) is 11.8 Å². The van der Waals surface area contributed by atoms with E-state index in [4.69, 9.17) is 14.5 Å². The molecule has 0 radical (unpaired) electrons. The summed E-state index contributed by atoms with van der Waals surface area (Å²) in [6.45, 7) is 4.39. The van der Waals surface area contributed by atoms with E-state index in [0.29, 0.717) is 12.1 Å². The fraction of sp³-hybridized carbons (Fsp3) is 0.378. The van der Waals surface area contributed by atoms with Crippen LogP contribution in [0.3, 0.4) is 0 Å². The molecule has 5 aromatic rings. The first kappa shape index (κ1) is 39.4. The van der Waals surface area contributed by atoms with Gasteiger partial charge in [-0.3, -0.25) is 9.59 Å². The standard InChI is InChI=1S/C45H50N8O6/c1-26(2)37(50-44(56)58-3)42(54)52-22-8-11-36(52)40-46-24-34(48-40)29-16-12-27(13-17-29)28-14-18-30(19-15-28)35-25-47-41(49-35)39-32-20-21-33(23-32)53(39)43(55)38(51-45(57)59-4)31-9-6-5-7-10-31/h5-7,9-10,12-19,24-26,32-33,36-39H,8,11,20-23H2,1-4H3,(H,46,48)(H,47,49)(H,50,56)(H,51,57). The van der Waals surface area contributed by atoms with Gasteiger partial charge in [-0.2, -0.15) is 0 Å². The number of imidazole rings is 2. The van der Waals surface area contributed by atoms with Gasteiger partial charge in [0, 0.05) is 12.6 Å². The molecular weight excluding hydrogens is 749 g/mol. The second kappa shape index (κ2) is 16.8. The van der Waals surface area contributed by atoms with Crippen LogP contribution >= 0.6 is 0 Å². The Bertz CT molecular complexity index is 2290. The van der Waals surface area contributed by atoms with Crippen molar-refractivity contribution in [1.29, 1.82) is 0 Å². The second-order valence-electron chi connectivity index (χ2n) is 16.0. The van der Waals surface area contributed by atoms with Crippen LogP contribution in [0.15, 0.2) is 91.3 Å². The molecule has 14 heteroatoms. The Kier molecular flexibility index (Phi) is 11.2. The fourth-order valence-corrected chi connectivity index (χ4v) is 9.08. The number of carbonyl (C=O) groups is 4. The summed E-state index contributed by atoms with van der Waals surface area (Å²) in [7, 11) is 2.58. The number of aromatic nitrogens is 4. The average molecular weight is 799 g/mol. The molecule has 6 unspecified atom stereocenters. The maximum absolute atomic E-state index is 14.3. The predicted molar refractivity (Wildman–Crippen MR) is 220 cm³/mol. The molecule has 2 saturated heterocycles. The van der Waals surface area contributed by atoms with E-state index in [1.54, 1.807) is 6.20 Å².